The van der Waals surface area contributed by atoms with Crippen LogP contribution in [0.3, 0.4) is 0 Å². The molecule has 0 saturated heterocycles. The third kappa shape index (κ3) is 1.70. The Hall–Kier alpha value is -1.09. The molecule has 1 aromatic rings. The van der Waals surface area contributed by atoms with E-state index in [-0.39, 0.29) is 18.2 Å². The first-order chi connectivity index (χ1) is 4.20. The Morgan fingerprint density at radius 3 is 2.20 bits per heavy atom. The minimum absolute atomic E-state index is 0. The molecule has 0 bridgehead atoms. The molecule has 10 heavy (non-hydrogen) atoms. The summed E-state index contributed by atoms with van der Waals surface area (Å²) in [5.74, 6) is 0.0370. The van der Waals surface area contributed by atoms with Crippen molar-refractivity contribution < 1.29 is 5.11 Å². The van der Waals surface area contributed by atoms with Crippen LogP contribution in [0.15, 0.2) is 18.2 Å². The van der Waals surface area contributed by atoms with Crippen molar-refractivity contribution in [2.24, 2.45) is 0 Å². The molecule has 0 aliphatic heterocycles. The van der Waals surface area contributed by atoms with Crippen molar-refractivity contribution in [3.05, 3.63) is 18.2 Å². The number of nitrogens with two attached hydrogens (primary N) is 2. The smallest absolute Gasteiger partial charge is 0.140 e. The number of benzene rings is 1. The van der Waals surface area contributed by atoms with Crippen LogP contribution in [0.5, 0.6) is 5.75 Å². The summed E-state index contributed by atoms with van der Waals surface area (Å²) in [6, 6.07) is 4.61. The first kappa shape index (κ1) is 8.91. The number of rotatable bonds is 0. The molecule has 56 valence electrons. The Kier molecular flexibility index (Phi) is 2.83. The predicted octanol–water partition coefficient (Wildman–Crippen LogP) is 0.978. The number of hydrogen-bond donors (Lipinski definition) is 3. The van der Waals surface area contributed by atoms with Crippen molar-refractivity contribution in [1.29, 1.82) is 0 Å². The minimum Gasteiger partial charge on any atom is -0.506 e. The van der Waals surface area contributed by atoms with Crippen molar-refractivity contribution in [1.82, 2.24) is 0 Å². The van der Waals surface area contributed by atoms with Gasteiger partial charge in [0.15, 0.2) is 0 Å². The molecule has 0 fully saturated rings. The number of nitrogen functional groups attached to an aromatic ring is 2. The Balaban J connectivity index is 0.000000810. The summed E-state index contributed by atoms with van der Waals surface area (Å²) >= 11 is 0. The molecule has 0 amide bonds. The predicted molar refractivity (Wildman–Crippen MR) is 44.2 cm³/mol. The van der Waals surface area contributed by atoms with E-state index < -0.39 is 0 Å². The summed E-state index contributed by atoms with van der Waals surface area (Å²) in [5, 5.41) is 8.90. The van der Waals surface area contributed by atoms with Crippen molar-refractivity contribution in [3.63, 3.8) is 0 Å². The van der Waals surface area contributed by atoms with Gasteiger partial charge in [-0.2, -0.15) is 0 Å². The molecule has 0 aliphatic rings. The summed E-state index contributed by atoms with van der Waals surface area (Å²) in [6.45, 7) is 0. The number of hydrogen-bond acceptors (Lipinski definition) is 3. The van der Waals surface area contributed by atoms with E-state index in [9.17, 15) is 0 Å². The molecule has 0 atom stereocenters. The number of halogens is 1. The second-order valence-corrected chi connectivity index (χ2v) is 1.82. The summed E-state index contributed by atoms with van der Waals surface area (Å²) in [5.41, 5.74) is 11.5. The van der Waals surface area contributed by atoms with Gasteiger partial charge in [0.05, 0.1) is 5.69 Å². The largest absolute Gasteiger partial charge is 0.506 e. The van der Waals surface area contributed by atoms with Crippen LogP contribution in [-0.4, -0.2) is 5.11 Å². The van der Waals surface area contributed by atoms with E-state index in [1.165, 1.54) is 6.07 Å². The first-order valence-electron chi connectivity index (χ1n) is 2.54. The zero-order valence-corrected chi connectivity index (χ0v) is 6.06. The van der Waals surface area contributed by atoms with Crippen molar-refractivity contribution in [2.45, 2.75) is 0 Å². The third-order valence-electron chi connectivity index (χ3n) is 1.05. The lowest BCUT2D eigenvalue weighted by molar-refractivity contribution is 0.478. The summed E-state index contributed by atoms with van der Waals surface area (Å²) in [6.07, 6.45) is 0. The zero-order chi connectivity index (χ0) is 6.85. The van der Waals surface area contributed by atoms with Crippen LogP contribution in [0.2, 0.25) is 0 Å². The average molecular weight is 161 g/mol. The number of anilines is 2. The monoisotopic (exact) mass is 160 g/mol. The quantitative estimate of drug-likeness (QED) is 0.391. The fourth-order valence-corrected chi connectivity index (χ4v) is 0.561. The molecule has 5 N–H and O–H groups in total. The van der Waals surface area contributed by atoms with E-state index in [4.69, 9.17) is 16.6 Å². The molecule has 1 rings (SSSR count). The Labute approximate surface area is 65.1 Å². The topological polar surface area (TPSA) is 72.3 Å². The molecular formula is C6H9ClN2O. The molecule has 0 radical (unpaired) electrons. The molecule has 3 nitrogen and oxygen atoms in total. The second-order valence-electron chi connectivity index (χ2n) is 1.82. The van der Waals surface area contributed by atoms with Gasteiger partial charge in [0.2, 0.25) is 0 Å². The Morgan fingerprint density at radius 1 is 1.20 bits per heavy atom. The molecule has 0 aromatic heterocycles. The van der Waals surface area contributed by atoms with Gasteiger partial charge >= 0.3 is 0 Å². The molecule has 0 aliphatic carbocycles. The minimum atomic E-state index is 0. The van der Waals surface area contributed by atoms with Gasteiger partial charge < -0.3 is 16.6 Å². The maximum Gasteiger partial charge on any atom is 0.140 e. The SMILES string of the molecule is Cl.Nc1ccc(N)c(O)c1. The lowest BCUT2D eigenvalue weighted by Crippen LogP contribution is -1.88. The third-order valence-corrected chi connectivity index (χ3v) is 1.05. The van der Waals surface area contributed by atoms with E-state index in [1.807, 2.05) is 0 Å². The van der Waals surface area contributed by atoms with Crippen LogP contribution in [-0.2, 0) is 0 Å². The fourth-order valence-electron chi connectivity index (χ4n) is 0.561. The standard InChI is InChI=1S/C6H8N2O.ClH/c7-4-1-2-5(8)6(9)3-4;/h1-3,9H,7-8H2;1H. The highest BCUT2D eigenvalue weighted by Gasteiger charge is 1.93. The van der Waals surface area contributed by atoms with Gasteiger partial charge in [-0.1, -0.05) is 0 Å². The maximum absolute atomic E-state index is 8.90. The second kappa shape index (κ2) is 3.17. The highest BCUT2D eigenvalue weighted by atomic mass is 35.5. The van der Waals surface area contributed by atoms with E-state index >= 15 is 0 Å². The number of phenolic OH excluding ortho intramolecular Hbond substituents is 1. The summed E-state index contributed by atoms with van der Waals surface area (Å²) < 4.78 is 0. The van der Waals surface area contributed by atoms with Crippen molar-refractivity contribution >= 4 is 23.8 Å². The first-order valence-corrected chi connectivity index (χ1v) is 2.54. The normalized spacial score (nSPS) is 8.40. The molecule has 0 spiro atoms. The summed E-state index contributed by atoms with van der Waals surface area (Å²) in [4.78, 5) is 0. The highest BCUT2D eigenvalue weighted by Crippen LogP contribution is 2.21. The van der Waals surface area contributed by atoms with Crippen LogP contribution in [0.1, 0.15) is 0 Å². The van der Waals surface area contributed by atoms with Crippen LogP contribution in [0.25, 0.3) is 0 Å². The van der Waals surface area contributed by atoms with Crippen LogP contribution < -0.4 is 11.5 Å². The Bertz CT molecular complexity index is 227. The van der Waals surface area contributed by atoms with Crippen LogP contribution in [0.4, 0.5) is 11.4 Å². The molecule has 0 heterocycles. The molecule has 0 unspecified atom stereocenters. The maximum atomic E-state index is 8.90. The molecule has 0 saturated carbocycles. The van der Waals surface area contributed by atoms with Crippen LogP contribution in [0, 0.1) is 0 Å². The van der Waals surface area contributed by atoms with E-state index in [2.05, 4.69) is 0 Å². The van der Waals surface area contributed by atoms with Gasteiger partial charge in [-0.15, -0.1) is 12.4 Å². The summed E-state index contributed by atoms with van der Waals surface area (Å²) in [7, 11) is 0. The van der Waals surface area contributed by atoms with E-state index in [0.717, 1.165) is 0 Å². The van der Waals surface area contributed by atoms with Crippen molar-refractivity contribution in [3.8, 4) is 5.75 Å². The Morgan fingerprint density at radius 2 is 1.80 bits per heavy atom. The lowest BCUT2D eigenvalue weighted by Gasteiger charge is -1.97. The average Bonchev–Trinajstić information content (AvgIpc) is 1.80. The lowest BCUT2D eigenvalue weighted by atomic mass is 10.3. The van der Waals surface area contributed by atoms with E-state index in [0.29, 0.717) is 11.4 Å². The number of aromatic hydroxyl groups is 1. The van der Waals surface area contributed by atoms with Gasteiger partial charge in [0, 0.05) is 11.8 Å². The van der Waals surface area contributed by atoms with E-state index in [1.54, 1.807) is 12.1 Å². The molecule has 4 heteroatoms. The highest BCUT2D eigenvalue weighted by molar-refractivity contribution is 5.85. The zero-order valence-electron chi connectivity index (χ0n) is 5.24. The van der Waals surface area contributed by atoms with Crippen LogP contribution >= 0.6 is 12.4 Å². The van der Waals surface area contributed by atoms with Gasteiger partial charge in [-0.05, 0) is 12.1 Å². The van der Waals surface area contributed by atoms with Gasteiger partial charge in [-0.3, -0.25) is 0 Å². The van der Waals surface area contributed by atoms with Gasteiger partial charge in [0.1, 0.15) is 5.75 Å². The molecular weight excluding hydrogens is 152 g/mol. The molecule has 1 aromatic carbocycles. The van der Waals surface area contributed by atoms with Gasteiger partial charge in [-0.25, -0.2) is 0 Å². The van der Waals surface area contributed by atoms with Crippen molar-refractivity contribution in [2.75, 3.05) is 11.5 Å². The fraction of sp³-hybridized carbons (Fsp3) is 0. The van der Waals surface area contributed by atoms with Gasteiger partial charge in [0.25, 0.3) is 0 Å². The number of phenols is 1.